The van der Waals surface area contributed by atoms with Crippen molar-refractivity contribution in [1.82, 2.24) is 14.8 Å². The summed E-state index contributed by atoms with van der Waals surface area (Å²) in [5.41, 5.74) is 2.99. The number of ether oxygens (including phenoxy) is 2. The summed E-state index contributed by atoms with van der Waals surface area (Å²) in [6.07, 6.45) is 0. The highest BCUT2D eigenvalue weighted by Gasteiger charge is 2.17. The van der Waals surface area contributed by atoms with E-state index in [4.69, 9.17) is 14.5 Å². The van der Waals surface area contributed by atoms with Crippen LogP contribution in [-0.2, 0) is 0 Å². The third kappa shape index (κ3) is 4.44. The first kappa shape index (κ1) is 20.6. The summed E-state index contributed by atoms with van der Waals surface area (Å²) in [6.45, 7) is 4.24. The summed E-state index contributed by atoms with van der Waals surface area (Å²) in [5, 5.41) is 10.1. The summed E-state index contributed by atoms with van der Waals surface area (Å²) < 4.78 is 12.5. The molecule has 8 heteroatoms. The average Bonchev–Trinajstić information content (AvgIpc) is 3.41. The molecule has 2 heterocycles. The van der Waals surface area contributed by atoms with E-state index < -0.39 is 0 Å². The van der Waals surface area contributed by atoms with Crippen LogP contribution in [0.3, 0.4) is 0 Å². The molecule has 1 N–H and O–H groups in total. The van der Waals surface area contributed by atoms with E-state index in [2.05, 4.69) is 10.4 Å². The Balaban J connectivity index is 1.63. The fourth-order valence-electron chi connectivity index (χ4n) is 3.13. The lowest BCUT2D eigenvalue weighted by Gasteiger charge is -2.10. The van der Waals surface area contributed by atoms with E-state index in [1.165, 1.54) is 11.3 Å². The van der Waals surface area contributed by atoms with Crippen molar-refractivity contribution in [3.05, 3.63) is 71.2 Å². The van der Waals surface area contributed by atoms with Gasteiger partial charge in [-0.15, -0.1) is 11.3 Å². The highest BCUT2D eigenvalue weighted by Crippen LogP contribution is 2.29. The van der Waals surface area contributed by atoms with Crippen molar-refractivity contribution < 1.29 is 14.3 Å². The van der Waals surface area contributed by atoms with Crippen LogP contribution in [0.1, 0.15) is 23.0 Å². The molecule has 0 saturated carbocycles. The fourth-order valence-corrected chi connectivity index (χ4v) is 3.93. The number of rotatable bonds is 7. The van der Waals surface area contributed by atoms with E-state index in [1.807, 2.05) is 55.6 Å². The molecule has 0 aliphatic rings. The number of benzene rings is 2. The SMILES string of the molecule is CCOc1ccccc1C(=O)Nc1cc(C)nn1-c1nc(-c2cccc(OC)c2)cs1. The lowest BCUT2D eigenvalue weighted by atomic mass is 10.2. The van der Waals surface area contributed by atoms with Gasteiger partial charge in [0.1, 0.15) is 17.3 Å². The highest BCUT2D eigenvalue weighted by atomic mass is 32.1. The molecule has 0 atom stereocenters. The number of nitrogens with zero attached hydrogens (tertiary/aromatic N) is 3. The molecule has 1 amide bonds. The first-order valence-electron chi connectivity index (χ1n) is 9.79. The lowest BCUT2D eigenvalue weighted by molar-refractivity contribution is 0.102. The van der Waals surface area contributed by atoms with Crippen molar-refractivity contribution in [1.29, 1.82) is 0 Å². The molecular weight excluding hydrogens is 412 g/mol. The Morgan fingerprint density at radius 3 is 2.81 bits per heavy atom. The summed E-state index contributed by atoms with van der Waals surface area (Å²) in [7, 11) is 1.64. The average molecular weight is 435 g/mol. The van der Waals surface area contributed by atoms with Crippen molar-refractivity contribution in [2.75, 3.05) is 19.0 Å². The number of carbonyl (C=O) groups excluding carboxylic acids is 1. The molecule has 31 heavy (non-hydrogen) atoms. The predicted molar refractivity (Wildman–Crippen MR) is 122 cm³/mol. The van der Waals surface area contributed by atoms with Gasteiger partial charge < -0.3 is 14.8 Å². The van der Waals surface area contributed by atoms with Gasteiger partial charge in [-0.1, -0.05) is 24.3 Å². The number of aromatic nitrogens is 3. The Morgan fingerprint density at radius 1 is 1.16 bits per heavy atom. The number of amides is 1. The second kappa shape index (κ2) is 9.01. The first-order valence-corrected chi connectivity index (χ1v) is 10.7. The van der Waals surface area contributed by atoms with Crippen molar-refractivity contribution in [3.63, 3.8) is 0 Å². The number of thiazole rings is 1. The number of hydrogen-bond acceptors (Lipinski definition) is 6. The number of nitrogens with one attached hydrogen (secondary N) is 1. The summed E-state index contributed by atoms with van der Waals surface area (Å²) in [4.78, 5) is 17.7. The molecule has 0 bridgehead atoms. The van der Waals surface area contributed by atoms with Gasteiger partial charge >= 0.3 is 0 Å². The van der Waals surface area contributed by atoms with E-state index >= 15 is 0 Å². The second-order valence-electron chi connectivity index (χ2n) is 6.71. The van der Waals surface area contributed by atoms with Gasteiger partial charge in [0.2, 0.25) is 5.13 Å². The van der Waals surface area contributed by atoms with Crippen LogP contribution in [0.25, 0.3) is 16.4 Å². The molecule has 0 spiro atoms. The van der Waals surface area contributed by atoms with Gasteiger partial charge in [0.25, 0.3) is 5.91 Å². The van der Waals surface area contributed by atoms with Crippen LogP contribution < -0.4 is 14.8 Å². The minimum Gasteiger partial charge on any atom is -0.497 e. The Hall–Kier alpha value is -3.65. The van der Waals surface area contributed by atoms with Crippen LogP contribution in [0.5, 0.6) is 11.5 Å². The van der Waals surface area contributed by atoms with Crippen LogP contribution in [-0.4, -0.2) is 34.4 Å². The molecule has 7 nitrogen and oxygen atoms in total. The van der Waals surface area contributed by atoms with Crippen molar-refractivity contribution in [2.24, 2.45) is 0 Å². The van der Waals surface area contributed by atoms with Crippen LogP contribution >= 0.6 is 11.3 Å². The maximum absolute atomic E-state index is 12.9. The zero-order valence-corrected chi connectivity index (χ0v) is 18.3. The molecule has 2 aromatic carbocycles. The van der Waals surface area contributed by atoms with Gasteiger partial charge in [-0.25, -0.2) is 4.98 Å². The van der Waals surface area contributed by atoms with Crippen molar-refractivity contribution in [3.8, 4) is 27.9 Å². The Bertz CT molecular complexity index is 1220. The van der Waals surface area contributed by atoms with Gasteiger partial charge in [0, 0.05) is 17.0 Å². The minimum atomic E-state index is -0.269. The minimum absolute atomic E-state index is 0.269. The molecule has 0 unspecified atom stereocenters. The van der Waals surface area contributed by atoms with Gasteiger partial charge in [-0.3, -0.25) is 4.79 Å². The highest BCUT2D eigenvalue weighted by molar-refractivity contribution is 7.12. The van der Waals surface area contributed by atoms with E-state index in [9.17, 15) is 4.79 Å². The number of para-hydroxylation sites is 1. The van der Waals surface area contributed by atoms with Crippen LogP contribution in [0.2, 0.25) is 0 Å². The van der Waals surface area contributed by atoms with Crippen LogP contribution in [0.15, 0.2) is 60.0 Å². The molecular formula is C23H22N4O3S. The number of methoxy groups -OCH3 is 1. The fraction of sp³-hybridized carbons (Fsp3) is 0.174. The number of aryl methyl sites for hydroxylation is 1. The first-order chi connectivity index (χ1) is 15.1. The normalized spacial score (nSPS) is 10.7. The lowest BCUT2D eigenvalue weighted by Crippen LogP contribution is -2.16. The molecule has 0 saturated heterocycles. The second-order valence-corrected chi connectivity index (χ2v) is 7.55. The standard InChI is InChI=1S/C23H22N4O3S/c1-4-30-20-11-6-5-10-18(20)22(28)25-21-12-15(2)26-27(21)23-24-19(14-31-23)16-8-7-9-17(13-16)29-3/h5-14H,4H2,1-3H3,(H,25,28). The zero-order valence-electron chi connectivity index (χ0n) is 17.5. The Labute approximate surface area is 184 Å². The van der Waals surface area contributed by atoms with Gasteiger partial charge in [-0.2, -0.15) is 9.78 Å². The molecule has 158 valence electrons. The molecule has 4 rings (SSSR count). The third-order valence-electron chi connectivity index (χ3n) is 4.54. The van der Waals surface area contributed by atoms with Gasteiger partial charge in [0.05, 0.1) is 30.7 Å². The third-order valence-corrected chi connectivity index (χ3v) is 5.36. The number of hydrogen-bond donors (Lipinski definition) is 1. The maximum atomic E-state index is 12.9. The summed E-state index contributed by atoms with van der Waals surface area (Å²) in [5.74, 6) is 1.58. The molecule has 4 aromatic rings. The van der Waals surface area contributed by atoms with Gasteiger partial charge in [0.15, 0.2) is 0 Å². The van der Waals surface area contributed by atoms with E-state index in [0.717, 1.165) is 22.7 Å². The van der Waals surface area contributed by atoms with Gasteiger partial charge in [-0.05, 0) is 38.1 Å². The molecule has 2 aromatic heterocycles. The van der Waals surface area contributed by atoms with Crippen molar-refractivity contribution >= 4 is 23.1 Å². The molecule has 0 aliphatic carbocycles. The largest absolute Gasteiger partial charge is 0.497 e. The topological polar surface area (TPSA) is 78.3 Å². The monoisotopic (exact) mass is 434 g/mol. The Kier molecular flexibility index (Phi) is 5.99. The van der Waals surface area contributed by atoms with E-state index in [1.54, 1.807) is 30.0 Å². The maximum Gasteiger partial charge on any atom is 0.260 e. The number of carbonyl (C=O) groups is 1. The molecule has 0 fully saturated rings. The summed E-state index contributed by atoms with van der Waals surface area (Å²) >= 11 is 1.45. The van der Waals surface area contributed by atoms with Crippen LogP contribution in [0.4, 0.5) is 5.82 Å². The summed E-state index contributed by atoms with van der Waals surface area (Å²) in [6, 6.07) is 16.7. The van der Waals surface area contributed by atoms with Crippen molar-refractivity contribution in [2.45, 2.75) is 13.8 Å². The van der Waals surface area contributed by atoms with E-state index in [-0.39, 0.29) is 5.91 Å². The Morgan fingerprint density at radius 2 is 2.00 bits per heavy atom. The van der Waals surface area contributed by atoms with E-state index in [0.29, 0.717) is 28.9 Å². The quantitative estimate of drug-likeness (QED) is 0.445. The number of anilines is 1. The zero-order chi connectivity index (χ0) is 21.8. The smallest absolute Gasteiger partial charge is 0.260 e. The van der Waals surface area contributed by atoms with Crippen LogP contribution in [0, 0.1) is 6.92 Å². The molecule has 0 radical (unpaired) electrons. The predicted octanol–water partition coefficient (Wildman–Crippen LogP) is 4.96. The molecule has 0 aliphatic heterocycles.